The number of aromatic nitrogens is 3. The van der Waals surface area contributed by atoms with Gasteiger partial charge in [-0.15, -0.1) is 11.8 Å². The van der Waals surface area contributed by atoms with Crippen LogP contribution in [0.4, 0.5) is 5.69 Å². The highest BCUT2D eigenvalue weighted by Crippen LogP contribution is 2.33. The van der Waals surface area contributed by atoms with Crippen molar-refractivity contribution in [3.05, 3.63) is 77.2 Å². The molecule has 2 aromatic heterocycles. The number of H-pyrrole nitrogens is 1. The molecule has 4 aromatic rings. The molecule has 2 N–H and O–H groups in total. The average molecular weight is 532 g/mol. The highest BCUT2D eigenvalue weighted by molar-refractivity contribution is 7.99. The molecule has 0 aliphatic carbocycles. The summed E-state index contributed by atoms with van der Waals surface area (Å²) in [5.74, 6) is -0.0917. The molecule has 7 heteroatoms. The first kappa shape index (κ1) is 28.0. The smallest absolute Gasteiger partial charge is 0.255 e. The Kier molecular flexibility index (Phi) is 8.68. The number of amides is 1. The lowest BCUT2D eigenvalue weighted by Gasteiger charge is -2.21. The molecule has 1 amide bonds. The Morgan fingerprint density at radius 1 is 1.16 bits per heavy atom. The van der Waals surface area contributed by atoms with Gasteiger partial charge in [-0.2, -0.15) is 5.10 Å². The Morgan fingerprint density at radius 2 is 1.89 bits per heavy atom. The van der Waals surface area contributed by atoms with Crippen LogP contribution in [0.1, 0.15) is 68.7 Å². The summed E-state index contributed by atoms with van der Waals surface area (Å²) in [6, 6.07) is 14.0. The number of aromatic amines is 1. The minimum Gasteiger partial charge on any atom is -0.358 e. The predicted molar refractivity (Wildman–Crippen MR) is 160 cm³/mol. The molecule has 202 valence electrons. The van der Waals surface area contributed by atoms with E-state index in [2.05, 4.69) is 87.2 Å². The number of carbonyl (C=O) groups excluding carboxylic acids is 1. The van der Waals surface area contributed by atoms with Crippen LogP contribution in [0.3, 0.4) is 0 Å². The van der Waals surface area contributed by atoms with E-state index in [1.807, 2.05) is 41.2 Å². The quantitative estimate of drug-likeness (QED) is 0.214. The monoisotopic (exact) mass is 531 g/mol. The maximum atomic E-state index is 13.0. The van der Waals surface area contributed by atoms with E-state index in [0.717, 1.165) is 37.3 Å². The maximum Gasteiger partial charge on any atom is 0.255 e. The van der Waals surface area contributed by atoms with Crippen molar-refractivity contribution in [1.29, 1.82) is 0 Å². The number of nitrogens with zero attached hydrogens (tertiary/aromatic N) is 3. The third kappa shape index (κ3) is 6.88. The van der Waals surface area contributed by atoms with Gasteiger partial charge in [0.05, 0.1) is 6.20 Å². The number of likely N-dealkylation sites (N-methyl/N-ethyl adjacent to an activating group) is 1. The van der Waals surface area contributed by atoms with Crippen molar-refractivity contribution in [3.63, 3.8) is 0 Å². The Bertz CT molecular complexity index is 1380. The van der Waals surface area contributed by atoms with Crippen molar-refractivity contribution < 1.29 is 4.79 Å². The average Bonchev–Trinajstić information content (AvgIpc) is 3.46. The third-order valence-electron chi connectivity index (χ3n) is 6.61. The first-order chi connectivity index (χ1) is 18.0. The van der Waals surface area contributed by atoms with Crippen molar-refractivity contribution in [2.24, 2.45) is 0 Å². The van der Waals surface area contributed by atoms with Crippen molar-refractivity contribution in [1.82, 2.24) is 19.7 Å². The number of aryl methyl sites for hydroxylation is 1. The highest BCUT2D eigenvalue weighted by atomic mass is 32.2. The summed E-state index contributed by atoms with van der Waals surface area (Å²) in [5, 5.41) is 9.20. The molecule has 0 fully saturated rings. The van der Waals surface area contributed by atoms with Gasteiger partial charge in [0.25, 0.3) is 5.91 Å². The van der Waals surface area contributed by atoms with Gasteiger partial charge in [0, 0.05) is 74.8 Å². The van der Waals surface area contributed by atoms with E-state index >= 15 is 0 Å². The number of rotatable bonds is 10. The number of benzene rings is 2. The molecule has 0 unspecified atom stereocenters. The Morgan fingerprint density at radius 3 is 2.53 bits per heavy atom. The zero-order chi connectivity index (χ0) is 27.4. The lowest BCUT2D eigenvalue weighted by atomic mass is 9.88. The molecular weight excluding hydrogens is 490 g/mol. The summed E-state index contributed by atoms with van der Waals surface area (Å²) in [7, 11) is 2.16. The second-order valence-electron chi connectivity index (χ2n) is 11.3. The van der Waals surface area contributed by atoms with E-state index in [1.165, 1.54) is 27.1 Å². The van der Waals surface area contributed by atoms with Crippen LogP contribution < -0.4 is 5.32 Å². The summed E-state index contributed by atoms with van der Waals surface area (Å²) >= 11 is 1.80. The van der Waals surface area contributed by atoms with E-state index in [1.54, 1.807) is 11.8 Å². The molecule has 0 spiro atoms. The second-order valence-corrected chi connectivity index (χ2v) is 13.0. The molecule has 0 aliphatic rings. The lowest BCUT2D eigenvalue weighted by Crippen LogP contribution is -2.22. The van der Waals surface area contributed by atoms with Gasteiger partial charge in [0.1, 0.15) is 0 Å². The third-order valence-corrected chi connectivity index (χ3v) is 7.62. The molecule has 0 saturated heterocycles. The number of fused-ring (bicyclic) bond motifs is 1. The number of thioether (sulfide) groups is 1. The van der Waals surface area contributed by atoms with E-state index in [-0.39, 0.29) is 11.3 Å². The van der Waals surface area contributed by atoms with Gasteiger partial charge in [0.15, 0.2) is 0 Å². The standard InChI is InChI=1S/C31H41N5OS/c1-8-36-20-22(18-32-36)19-35(7)16-15-26-27-17-24(11-14-28(27)34-29(26)31(4,5)6)33-30(37)23-9-12-25(13-10-23)38-21(2)3/h9-14,17-18,20-21,34H,8,15-16,19H2,1-7H3,(H,33,37). The van der Waals surface area contributed by atoms with Crippen molar-refractivity contribution in [2.75, 3.05) is 18.9 Å². The van der Waals surface area contributed by atoms with Gasteiger partial charge in [-0.1, -0.05) is 34.6 Å². The maximum absolute atomic E-state index is 13.0. The van der Waals surface area contributed by atoms with Crippen LogP contribution in [0.5, 0.6) is 0 Å². The van der Waals surface area contributed by atoms with Crippen molar-refractivity contribution >= 4 is 34.3 Å². The number of hydrogen-bond acceptors (Lipinski definition) is 4. The van der Waals surface area contributed by atoms with Crippen LogP contribution in [0.2, 0.25) is 0 Å². The molecule has 0 radical (unpaired) electrons. The SMILES string of the molecule is CCn1cc(CN(C)CCc2c(C(C)(C)C)[nH]c3ccc(NC(=O)c4ccc(SC(C)C)cc4)cc23)cn1. The zero-order valence-electron chi connectivity index (χ0n) is 23.8. The Labute approximate surface area is 231 Å². The summed E-state index contributed by atoms with van der Waals surface area (Å²) < 4.78 is 1.97. The molecule has 0 saturated carbocycles. The molecular formula is C31H41N5OS. The fourth-order valence-corrected chi connectivity index (χ4v) is 5.58. The lowest BCUT2D eigenvalue weighted by molar-refractivity contribution is 0.102. The van der Waals surface area contributed by atoms with Crippen LogP contribution in [0, 0.1) is 0 Å². The summed E-state index contributed by atoms with van der Waals surface area (Å²) in [6.45, 7) is 15.8. The van der Waals surface area contributed by atoms with Gasteiger partial charge in [0.2, 0.25) is 0 Å². The number of hydrogen-bond donors (Lipinski definition) is 2. The van der Waals surface area contributed by atoms with Crippen molar-refractivity contribution in [3.8, 4) is 0 Å². The first-order valence-electron chi connectivity index (χ1n) is 13.5. The molecule has 2 heterocycles. The van der Waals surface area contributed by atoms with Gasteiger partial charge in [-0.05, 0) is 68.4 Å². The van der Waals surface area contributed by atoms with Crippen LogP contribution in [0.25, 0.3) is 10.9 Å². The van der Waals surface area contributed by atoms with Crippen molar-refractivity contribution in [2.45, 2.75) is 76.6 Å². The molecule has 4 rings (SSSR count). The van der Waals surface area contributed by atoms with Crippen LogP contribution in [0.15, 0.2) is 59.8 Å². The number of nitrogens with one attached hydrogen (secondary N) is 2. The fraction of sp³-hybridized carbons (Fsp3) is 0.419. The molecule has 0 bridgehead atoms. The topological polar surface area (TPSA) is 66.0 Å². The normalized spacial score (nSPS) is 12.1. The number of carbonyl (C=O) groups is 1. The Balaban J connectivity index is 1.53. The molecule has 6 nitrogen and oxygen atoms in total. The van der Waals surface area contributed by atoms with Crippen LogP contribution >= 0.6 is 11.8 Å². The van der Waals surface area contributed by atoms with E-state index in [4.69, 9.17) is 0 Å². The number of anilines is 1. The molecule has 0 aliphatic heterocycles. The van der Waals surface area contributed by atoms with Gasteiger partial charge in [-0.3, -0.25) is 9.48 Å². The zero-order valence-corrected chi connectivity index (χ0v) is 24.6. The van der Waals surface area contributed by atoms with Gasteiger partial charge < -0.3 is 15.2 Å². The molecule has 2 aromatic carbocycles. The van der Waals surface area contributed by atoms with Gasteiger partial charge in [-0.25, -0.2) is 0 Å². The minimum atomic E-state index is -0.0917. The highest BCUT2D eigenvalue weighted by Gasteiger charge is 2.23. The largest absolute Gasteiger partial charge is 0.358 e. The predicted octanol–water partition coefficient (Wildman–Crippen LogP) is 7.11. The van der Waals surface area contributed by atoms with Gasteiger partial charge >= 0.3 is 0 Å². The fourth-order valence-electron chi connectivity index (χ4n) is 4.74. The summed E-state index contributed by atoms with van der Waals surface area (Å²) in [5.41, 5.74) is 6.35. The van der Waals surface area contributed by atoms with Crippen LogP contribution in [-0.2, 0) is 24.9 Å². The summed E-state index contributed by atoms with van der Waals surface area (Å²) in [4.78, 5) is 20.2. The van der Waals surface area contributed by atoms with E-state index in [9.17, 15) is 4.79 Å². The minimum absolute atomic E-state index is 0.0195. The molecule has 0 atom stereocenters. The second kappa shape index (κ2) is 11.8. The Hall–Kier alpha value is -3.03. The molecule has 38 heavy (non-hydrogen) atoms. The van der Waals surface area contributed by atoms with E-state index < -0.39 is 0 Å². The summed E-state index contributed by atoms with van der Waals surface area (Å²) in [6.07, 6.45) is 4.99. The van der Waals surface area contributed by atoms with E-state index in [0.29, 0.717) is 10.8 Å². The first-order valence-corrected chi connectivity index (χ1v) is 14.3. The van der Waals surface area contributed by atoms with Crippen LogP contribution in [-0.4, -0.2) is 44.4 Å².